The van der Waals surface area contributed by atoms with Gasteiger partial charge in [0.25, 0.3) is 0 Å². The van der Waals surface area contributed by atoms with Crippen molar-refractivity contribution in [3.63, 3.8) is 0 Å². The number of amidine groups is 1. The van der Waals surface area contributed by atoms with E-state index in [0.29, 0.717) is 0 Å². The topological polar surface area (TPSA) is 33.4 Å². The molecular formula is C18H28N4S. The maximum atomic E-state index is 4.91. The number of aliphatic imine (C=N–C) groups is 1. The first-order valence-corrected chi connectivity index (χ1v) is 8.82. The van der Waals surface area contributed by atoms with E-state index in [9.17, 15) is 0 Å². The molecule has 2 aliphatic rings. The average Bonchev–Trinajstić information content (AvgIpc) is 2.87. The highest BCUT2D eigenvalue weighted by Crippen LogP contribution is 2.38. The summed E-state index contributed by atoms with van der Waals surface area (Å²) in [5.41, 5.74) is 6.00. The average molecular weight is 333 g/mol. The molecule has 1 aromatic heterocycles. The number of hydrogen-bond donors (Lipinski definition) is 0. The monoisotopic (exact) mass is 332 g/mol. The van der Waals surface area contributed by atoms with Crippen LogP contribution in [0.3, 0.4) is 0 Å². The third-order valence-corrected chi connectivity index (χ3v) is 5.23. The molecule has 5 heteroatoms. The van der Waals surface area contributed by atoms with Crippen molar-refractivity contribution in [2.45, 2.75) is 52.6 Å². The number of aromatic nitrogens is 2. The summed E-state index contributed by atoms with van der Waals surface area (Å²) < 4.78 is 1.98. The van der Waals surface area contributed by atoms with E-state index in [1.54, 1.807) is 11.8 Å². The number of nitrogens with zero attached hydrogens (tertiary/aromatic N) is 4. The van der Waals surface area contributed by atoms with E-state index in [-0.39, 0.29) is 13.0 Å². The molecule has 0 atom stereocenters. The van der Waals surface area contributed by atoms with Crippen molar-refractivity contribution in [3.8, 4) is 0 Å². The van der Waals surface area contributed by atoms with Crippen LogP contribution in [0.4, 0.5) is 0 Å². The molecule has 3 rings (SSSR count). The highest BCUT2D eigenvalue weighted by atomic mass is 32.2. The van der Waals surface area contributed by atoms with Gasteiger partial charge < -0.3 is 4.90 Å². The predicted octanol–water partition coefficient (Wildman–Crippen LogP) is 4.27. The molecule has 0 spiro atoms. The van der Waals surface area contributed by atoms with E-state index in [4.69, 9.17) is 10.1 Å². The molecule has 0 saturated carbocycles. The second kappa shape index (κ2) is 5.86. The molecule has 126 valence electrons. The molecule has 0 aliphatic carbocycles. The van der Waals surface area contributed by atoms with E-state index in [2.05, 4.69) is 51.9 Å². The highest BCUT2D eigenvalue weighted by molar-refractivity contribution is 7.98. The van der Waals surface area contributed by atoms with E-state index >= 15 is 0 Å². The molecule has 1 aromatic rings. The number of hydrogen-bond acceptors (Lipinski definition) is 4. The van der Waals surface area contributed by atoms with Crippen LogP contribution in [0, 0.1) is 6.92 Å². The quantitative estimate of drug-likeness (QED) is 0.758. The first kappa shape index (κ1) is 17.9. The van der Waals surface area contributed by atoms with Crippen molar-refractivity contribution in [2.24, 2.45) is 12.0 Å². The Bertz CT molecular complexity index is 734. The van der Waals surface area contributed by atoms with Crippen molar-refractivity contribution < 1.29 is 0 Å². The molecule has 4 nitrogen and oxygen atoms in total. The summed E-state index contributed by atoms with van der Waals surface area (Å²) >= 11 is 1.75. The van der Waals surface area contributed by atoms with Crippen molar-refractivity contribution >= 4 is 23.3 Å². The van der Waals surface area contributed by atoms with Gasteiger partial charge in [0.05, 0.1) is 16.3 Å². The van der Waals surface area contributed by atoms with E-state index in [1.165, 1.54) is 27.4 Å². The largest absolute Gasteiger partial charge is 0.322 e. The van der Waals surface area contributed by atoms with Gasteiger partial charge in [0.1, 0.15) is 11.5 Å². The Kier molecular flexibility index (Phi) is 4.55. The third-order valence-electron chi connectivity index (χ3n) is 4.28. The number of fused-ring (bicyclic) bond motifs is 1. The second-order valence-electron chi connectivity index (χ2n) is 6.80. The number of thioether (sulfide) groups is 1. The lowest BCUT2D eigenvalue weighted by atomic mass is 10.00. The molecule has 0 unspecified atom stereocenters. The molecular weight excluding hydrogens is 304 g/mol. The van der Waals surface area contributed by atoms with Crippen LogP contribution in [-0.2, 0) is 7.05 Å². The first-order valence-electron chi connectivity index (χ1n) is 7.60. The van der Waals surface area contributed by atoms with Gasteiger partial charge in [-0.3, -0.25) is 9.67 Å². The molecule has 0 fully saturated rings. The highest BCUT2D eigenvalue weighted by Gasteiger charge is 2.38. The molecule has 0 bridgehead atoms. The van der Waals surface area contributed by atoms with Gasteiger partial charge >= 0.3 is 0 Å². The molecule has 0 saturated heterocycles. The predicted molar refractivity (Wildman–Crippen MR) is 101 cm³/mol. The zero-order chi connectivity index (χ0) is 16.2. The smallest absolute Gasteiger partial charge is 0.131 e. The van der Waals surface area contributed by atoms with Gasteiger partial charge in [0, 0.05) is 19.2 Å². The summed E-state index contributed by atoms with van der Waals surface area (Å²) in [5.74, 6) is 1.10. The Labute approximate surface area is 144 Å². The summed E-state index contributed by atoms with van der Waals surface area (Å²) in [6.07, 6.45) is 4.34. The van der Waals surface area contributed by atoms with Crippen molar-refractivity contribution in [2.75, 3.05) is 12.8 Å². The van der Waals surface area contributed by atoms with Crippen LogP contribution in [0.25, 0.3) is 5.70 Å². The normalized spacial score (nSPS) is 19.3. The van der Waals surface area contributed by atoms with Crippen LogP contribution < -0.4 is 0 Å². The van der Waals surface area contributed by atoms with Crippen molar-refractivity contribution in [1.82, 2.24) is 14.7 Å². The number of rotatable bonds is 2. The van der Waals surface area contributed by atoms with Gasteiger partial charge in [0.15, 0.2) is 0 Å². The Hall–Kier alpha value is -1.49. The van der Waals surface area contributed by atoms with Crippen LogP contribution in [0.1, 0.15) is 46.4 Å². The van der Waals surface area contributed by atoms with E-state index < -0.39 is 0 Å². The summed E-state index contributed by atoms with van der Waals surface area (Å²) in [4.78, 5) is 7.26. The molecule has 0 aromatic carbocycles. The Morgan fingerprint density at radius 3 is 2.43 bits per heavy atom. The van der Waals surface area contributed by atoms with Crippen molar-refractivity contribution in [3.05, 3.63) is 28.5 Å². The first-order chi connectivity index (χ1) is 10.2. The minimum absolute atomic E-state index is 0. The minimum atomic E-state index is -0.0503. The summed E-state index contributed by atoms with van der Waals surface area (Å²) in [6, 6.07) is 0. The van der Waals surface area contributed by atoms with Crippen LogP contribution in [0.15, 0.2) is 27.2 Å². The van der Waals surface area contributed by atoms with Gasteiger partial charge in [-0.05, 0) is 52.0 Å². The standard InChI is InChI=1S/C17H24N4S.CH4/c1-10-8-11(2)15-18-17(4,5)9-21(15)14(10)13-12(3)16(22-7)20(6)19-13;/h8H,9H2,1-7H3;1H4. The molecule has 0 amide bonds. The lowest BCUT2D eigenvalue weighted by Gasteiger charge is -2.29. The van der Waals surface area contributed by atoms with Crippen LogP contribution in [-0.4, -0.2) is 38.9 Å². The van der Waals surface area contributed by atoms with Crippen molar-refractivity contribution in [1.29, 1.82) is 0 Å². The molecule has 2 aliphatic heterocycles. The van der Waals surface area contributed by atoms with Gasteiger partial charge in [-0.2, -0.15) is 5.10 Å². The minimum Gasteiger partial charge on any atom is -0.322 e. The summed E-state index contributed by atoms with van der Waals surface area (Å²) in [6.45, 7) is 11.8. The SMILES string of the molecule is C.CSc1c(C)c(C2=C(C)C=C(C)C3=NC(C)(C)CN32)nn1C. The maximum absolute atomic E-state index is 4.91. The molecule has 0 N–H and O–H groups in total. The fourth-order valence-corrected chi connectivity index (χ4v) is 4.15. The second-order valence-corrected chi connectivity index (χ2v) is 7.59. The van der Waals surface area contributed by atoms with Crippen LogP contribution in [0.2, 0.25) is 0 Å². The van der Waals surface area contributed by atoms with Gasteiger partial charge in [-0.15, -0.1) is 11.8 Å². The zero-order valence-corrected chi connectivity index (χ0v) is 15.3. The Balaban J connectivity index is 0.00000192. The lowest BCUT2D eigenvalue weighted by molar-refractivity contribution is 0.459. The molecule has 3 heterocycles. The maximum Gasteiger partial charge on any atom is 0.131 e. The Morgan fingerprint density at radius 1 is 1.22 bits per heavy atom. The van der Waals surface area contributed by atoms with E-state index in [0.717, 1.165) is 18.1 Å². The summed E-state index contributed by atoms with van der Waals surface area (Å²) in [7, 11) is 2.02. The van der Waals surface area contributed by atoms with Gasteiger partial charge in [-0.25, -0.2) is 0 Å². The fourth-order valence-electron chi connectivity index (χ4n) is 3.44. The zero-order valence-electron chi connectivity index (χ0n) is 14.5. The third kappa shape index (κ3) is 2.75. The lowest BCUT2D eigenvalue weighted by Crippen LogP contribution is -2.34. The van der Waals surface area contributed by atoms with Gasteiger partial charge in [-0.1, -0.05) is 13.5 Å². The Morgan fingerprint density at radius 2 is 1.87 bits per heavy atom. The fraction of sp³-hybridized carbons (Fsp3) is 0.556. The van der Waals surface area contributed by atoms with Crippen LogP contribution >= 0.6 is 11.8 Å². The van der Waals surface area contributed by atoms with Crippen LogP contribution in [0.5, 0.6) is 0 Å². The number of allylic oxidation sites excluding steroid dienone is 2. The van der Waals surface area contributed by atoms with Gasteiger partial charge in [0.2, 0.25) is 0 Å². The van der Waals surface area contributed by atoms with E-state index in [1.807, 2.05) is 11.7 Å². The molecule has 0 radical (unpaired) electrons. The molecule has 23 heavy (non-hydrogen) atoms. The number of aryl methyl sites for hydroxylation is 1. The summed E-state index contributed by atoms with van der Waals surface area (Å²) in [5, 5.41) is 6.02.